The minimum absolute atomic E-state index is 0.0170. The molecule has 2 nitrogen and oxygen atoms in total. The fraction of sp³-hybridized carbons (Fsp3) is 0.833. The van der Waals surface area contributed by atoms with Crippen LogP contribution >= 0.6 is 11.6 Å². The molecule has 0 aromatic heterocycles. The first-order valence-electron chi connectivity index (χ1n) is 3.10. The molecular formula is C6H9ClN2. The van der Waals surface area contributed by atoms with Crippen molar-refractivity contribution in [3.05, 3.63) is 0 Å². The molecule has 2 atom stereocenters. The van der Waals surface area contributed by atoms with Crippen LogP contribution in [0, 0.1) is 17.2 Å². The van der Waals surface area contributed by atoms with Gasteiger partial charge in [0.05, 0.1) is 17.5 Å². The van der Waals surface area contributed by atoms with Crippen molar-refractivity contribution in [2.75, 3.05) is 6.54 Å². The highest BCUT2D eigenvalue weighted by Gasteiger charge is 2.18. The number of halogens is 1. The topological polar surface area (TPSA) is 35.8 Å². The van der Waals surface area contributed by atoms with E-state index in [1.165, 1.54) is 0 Å². The molecule has 0 amide bonds. The Hall–Kier alpha value is -0.260. The quantitative estimate of drug-likeness (QED) is 0.408. The normalized spacial score (nSPS) is 35.6. The first kappa shape index (κ1) is 6.85. The number of nitrogens with one attached hydrogen (secondary N) is 1. The average molecular weight is 145 g/mol. The Balaban J connectivity index is 2.34. The first-order chi connectivity index (χ1) is 4.33. The van der Waals surface area contributed by atoms with E-state index in [0.717, 1.165) is 19.4 Å². The van der Waals surface area contributed by atoms with Gasteiger partial charge in [0.15, 0.2) is 0 Å². The van der Waals surface area contributed by atoms with Gasteiger partial charge in [-0.05, 0) is 19.4 Å². The van der Waals surface area contributed by atoms with Crippen LogP contribution in [-0.4, -0.2) is 12.0 Å². The Bertz CT molecular complexity index is 130. The Labute approximate surface area is 59.8 Å². The monoisotopic (exact) mass is 144 g/mol. The van der Waals surface area contributed by atoms with Crippen LogP contribution in [0.1, 0.15) is 12.8 Å². The Morgan fingerprint density at radius 2 is 2.44 bits per heavy atom. The van der Waals surface area contributed by atoms with Gasteiger partial charge < -0.3 is 5.32 Å². The highest BCUT2D eigenvalue weighted by Crippen LogP contribution is 2.16. The third kappa shape index (κ3) is 1.85. The Kier molecular flexibility index (Phi) is 2.32. The van der Waals surface area contributed by atoms with Gasteiger partial charge in [0.1, 0.15) is 0 Å². The fourth-order valence-corrected chi connectivity index (χ4v) is 1.31. The summed E-state index contributed by atoms with van der Waals surface area (Å²) in [5.74, 6) is 0.175. The summed E-state index contributed by atoms with van der Waals surface area (Å²) in [7, 11) is 0. The molecule has 0 saturated carbocycles. The van der Waals surface area contributed by atoms with Crippen LogP contribution in [0.25, 0.3) is 0 Å². The summed E-state index contributed by atoms with van der Waals surface area (Å²) >= 11 is 5.73. The maximum Gasteiger partial charge on any atom is 0.0838 e. The van der Waals surface area contributed by atoms with E-state index in [2.05, 4.69) is 11.4 Å². The van der Waals surface area contributed by atoms with Crippen molar-refractivity contribution >= 4 is 11.6 Å². The van der Waals surface area contributed by atoms with E-state index in [4.69, 9.17) is 16.9 Å². The molecule has 9 heavy (non-hydrogen) atoms. The van der Waals surface area contributed by atoms with Gasteiger partial charge in [-0.15, -0.1) is 11.6 Å². The lowest BCUT2D eigenvalue weighted by Gasteiger charge is -2.21. The van der Waals surface area contributed by atoms with Crippen molar-refractivity contribution in [2.24, 2.45) is 5.92 Å². The zero-order valence-corrected chi connectivity index (χ0v) is 5.86. The van der Waals surface area contributed by atoms with Gasteiger partial charge in [0.25, 0.3) is 0 Å². The number of hydrogen-bond donors (Lipinski definition) is 1. The number of hydrogen-bond acceptors (Lipinski definition) is 2. The Morgan fingerprint density at radius 1 is 1.67 bits per heavy atom. The molecule has 0 radical (unpaired) electrons. The summed E-state index contributed by atoms with van der Waals surface area (Å²) in [6.45, 7) is 0.881. The number of rotatable bonds is 0. The van der Waals surface area contributed by atoms with Gasteiger partial charge in [-0.1, -0.05) is 0 Å². The molecule has 0 bridgehead atoms. The lowest BCUT2D eigenvalue weighted by atomic mass is 10.0. The van der Waals surface area contributed by atoms with E-state index >= 15 is 0 Å². The van der Waals surface area contributed by atoms with Crippen LogP contribution in [0.15, 0.2) is 0 Å². The van der Waals surface area contributed by atoms with Crippen LogP contribution in [0.2, 0.25) is 0 Å². The second-order valence-corrected chi connectivity index (χ2v) is 2.80. The van der Waals surface area contributed by atoms with Gasteiger partial charge in [-0.3, -0.25) is 0 Å². The van der Waals surface area contributed by atoms with E-state index in [9.17, 15) is 0 Å². The van der Waals surface area contributed by atoms with Crippen LogP contribution in [0.4, 0.5) is 0 Å². The molecule has 1 heterocycles. The molecule has 1 saturated heterocycles. The molecule has 0 aliphatic carbocycles. The summed E-state index contributed by atoms with van der Waals surface area (Å²) in [6.07, 6.45) is 1.73. The zero-order chi connectivity index (χ0) is 6.69. The molecule has 0 aromatic rings. The standard InChI is InChI=1S/C6H9ClN2/c7-6-3-5(4-8)1-2-9-6/h5-6,9H,1-3H2. The van der Waals surface area contributed by atoms with Gasteiger partial charge in [0.2, 0.25) is 0 Å². The van der Waals surface area contributed by atoms with Crippen molar-refractivity contribution in [3.63, 3.8) is 0 Å². The van der Waals surface area contributed by atoms with Crippen molar-refractivity contribution < 1.29 is 0 Å². The van der Waals surface area contributed by atoms with Gasteiger partial charge in [-0.25, -0.2) is 0 Å². The molecule has 50 valence electrons. The molecule has 1 aliphatic rings. The van der Waals surface area contributed by atoms with Crippen molar-refractivity contribution in [2.45, 2.75) is 18.3 Å². The minimum Gasteiger partial charge on any atom is -0.301 e. The molecule has 2 unspecified atom stereocenters. The highest BCUT2D eigenvalue weighted by atomic mass is 35.5. The molecular weight excluding hydrogens is 136 g/mol. The van der Waals surface area contributed by atoms with Crippen LogP contribution in [0.3, 0.4) is 0 Å². The lowest BCUT2D eigenvalue weighted by molar-refractivity contribution is 0.416. The summed E-state index contributed by atoms with van der Waals surface area (Å²) in [5.41, 5.74) is 0.0170. The molecule has 1 aliphatic heterocycles. The summed E-state index contributed by atoms with van der Waals surface area (Å²) in [4.78, 5) is 0. The third-order valence-electron chi connectivity index (χ3n) is 1.53. The summed E-state index contributed by atoms with van der Waals surface area (Å²) in [6, 6.07) is 2.21. The molecule has 1 N–H and O–H groups in total. The molecule has 1 fully saturated rings. The van der Waals surface area contributed by atoms with Gasteiger partial charge in [-0.2, -0.15) is 5.26 Å². The predicted molar refractivity (Wildman–Crippen MR) is 36.0 cm³/mol. The summed E-state index contributed by atoms with van der Waals surface area (Å²) < 4.78 is 0. The van der Waals surface area contributed by atoms with Crippen LogP contribution < -0.4 is 5.32 Å². The van der Waals surface area contributed by atoms with E-state index in [0.29, 0.717) is 0 Å². The number of nitriles is 1. The Morgan fingerprint density at radius 3 is 2.89 bits per heavy atom. The highest BCUT2D eigenvalue weighted by molar-refractivity contribution is 6.20. The molecule has 0 aromatic carbocycles. The maximum absolute atomic E-state index is 8.47. The molecule has 0 spiro atoms. The van der Waals surface area contributed by atoms with Crippen LogP contribution in [0.5, 0.6) is 0 Å². The SMILES string of the molecule is N#CC1CCNC(Cl)C1. The van der Waals surface area contributed by atoms with Crippen molar-refractivity contribution in [1.82, 2.24) is 5.32 Å². The van der Waals surface area contributed by atoms with Crippen molar-refractivity contribution in [3.8, 4) is 6.07 Å². The van der Waals surface area contributed by atoms with E-state index in [-0.39, 0.29) is 11.4 Å². The molecule has 1 rings (SSSR count). The molecule has 3 heteroatoms. The van der Waals surface area contributed by atoms with Gasteiger partial charge >= 0.3 is 0 Å². The third-order valence-corrected chi connectivity index (χ3v) is 1.87. The maximum atomic E-state index is 8.47. The minimum atomic E-state index is 0.0170. The van der Waals surface area contributed by atoms with E-state index in [1.807, 2.05) is 0 Å². The predicted octanol–water partition coefficient (Wildman–Crippen LogP) is 1.07. The smallest absolute Gasteiger partial charge is 0.0838 e. The summed E-state index contributed by atoms with van der Waals surface area (Å²) in [5, 5.41) is 11.5. The van der Waals surface area contributed by atoms with E-state index < -0.39 is 0 Å². The zero-order valence-electron chi connectivity index (χ0n) is 5.10. The number of nitrogens with zero attached hydrogens (tertiary/aromatic N) is 1. The number of piperidine rings is 1. The second kappa shape index (κ2) is 3.05. The van der Waals surface area contributed by atoms with Gasteiger partial charge in [0, 0.05) is 0 Å². The van der Waals surface area contributed by atoms with Crippen LogP contribution in [-0.2, 0) is 0 Å². The largest absolute Gasteiger partial charge is 0.301 e. The van der Waals surface area contributed by atoms with E-state index in [1.54, 1.807) is 0 Å². The second-order valence-electron chi connectivity index (χ2n) is 2.27. The lowest BCUT2D eigenvalue weighted by Crippen LogP contribution is -2.33. The number of alkyl halides is 1. The fourth-order valence-electron chi connectivity index (χ4n) is 0.982. The van der Waals surface area contributed by atoms with Crippen molar-refractivity contribution in [1.29, 1.82) is 5.26 Å². The average Bonchev–Trinajstić information content (AvgIpc) is 1.88. The first-order valence-corrected chi connectivity index (χ1v) is 3.53.